The molecule has 6 nitrogen and oxygen atoms in total. The summed E-state index contributed by atoms with van der Waals surface area (Å²) >= 11 is 3.36. The molecule has 0 radical (unpaired) electrons. The molecule has 0 saturated carbocycles. The third-order valence-corrected chi connectivity index (χ3v) is 4.97. The second-order valence-electron chi connectivity index (χ2n) is 5.19. The van der Waals surface area contributed by atoms with E-state index in [1.807, 2.05) is 6.07 Å². The van der Waals surface area contributed by atoms with Gasteiger partial charge >= 0.3 is 0 Å². The van der Waals surface area contributed by atoms with Crippen LogP contribution in [0.5, 0.6) is 0 Å². The van der Waals surface area contributed by atoms with Gasteiger partial charge in [0.1, 0.15) is 23.0 Å². The van der Waals surface area contributed by atoms with Gasteiger partial charge in [-0.3, -0.25) is 0 Å². The molecule has 130 valence electrons. The first kappa shape index (κ1) is 17.7. The molecule has 0 unspecified atom stereocenters. The van der Waals surface area contributed by atoms with Crippen molar-refractivity contribution in [2.45, 2.75) is 11.5 Å². The molecular formula is C16H12BrFN2O4S. The van der Waals surface area contributed by atoms with Crippen molar-refractivity contribution in [3.63, 3.8) is 0 Å². The van der Waals surface area contributed by atoms with Crippen LogP contribution in [0.2, 0.25) is 0 Å². The smallest absolute Gasteiger partial charge is 0.240 e. The highest BCUT2D eigenvalue weighted by Crippen LogP contribution is 2.36. The monoisotopic (exact) mass is 426 g/mol. The number of benzene rings is 2. The number of nitrogens with zero attached hydrogens (tertiary/aromatic N) is 1. The summed E-state index contributed by atoms with van der Waals surface area (Å²) in [6.45, 7) is -0.450. The topological polar surface area (TPSA) is 106 Å². The normalized spacial score (nSPS) is 11.7. The molecule has 2 aromatic carbocycles. The fraction of sp³-hybridized carbons (Fsp3) is 0.0625. The van der Waals surface area contributed by atoms with Gasteiger partial charge in [-0.15, -0.1) is 0 Å². The van der Waals surface area contributed by atoms with Gasteiger partial charge in [0.15, 0.2) is 5.76 Å². The predicted octanol–water partition coefficient (Wildman–Crippen LogP) is 3.05. The first-order chi connectivity index (χ1) is 11.8. The zero-order valence-electron chi connectivity index (χ0n) is 12.6. The maximum absolute atomic E-state index is 14.2. The molecule has 1 heterocycles. The average Bonchev–Trinajstić information content (AvgIpc) is 2.97. The van der Waals surface area contributed by atoms with Gasteiger partial charge < -0.3 is 9.63 Å². The Kier molecular flexibility index (Phi) is 4.74. The minimum absolute atomic E-state index is 0.137. The van der Waals surface area contributed by atoms with Crippen LogP contribution in [0.15, 0.2) is 56.4 Å². The van der Waals surface area contributed by atoms with E-state index in [4.69, 9.17) is 9.66 Å². The molecule has 0 aliphatic heterocycles. The maximum Gasteiger partial charge on any atom is 0.240 e. The molecule has 0 bridgehead atoms. The van der Waals surface area contributed by atoms with Crippen molar-refractivity contribution in [3.05, 3.63) is 58.5 Å². The van der Waals surface area contributed by atoms with E-state index in [0.29, 0.717) is 22.4 Å². The van der Waals surface area contributed by atoms with Crippen LogP contribution in [-0.4, -0.2) is 18.7 Å². The number of nitrogens with two attached hydrogens (primary N) is 1. The van der Waals surface area contributed by atoms with Crippen LogP contribution in [0.4, 0.5) is 4.39 Å². The van der Waals surface area contributed by atoms with Gasteiger partial charge in [-0.05, 0) is 29.8 Å². The summed E-state index contributed by atoms with van der Waals surface area (Å²) in [4.78, 5) is -0.609. The molecule has 3 rings (SSSR count). The Balaban J connectivity index is 2.21. The fourth-order valence-electron chi connectivity index (χ4n) is 2.45. The number of hydrogen-bond donors (Lipinski definition) is 2. The van der Waals surface area contributed by atoms with E-state index < -0.39 is 27.3 Å². The molecule has 0 fully saturated rings. The van der Waals surface area contributed by atoms with Gasteiger partial charge in [0.05, 0.1) is 5.56 Å². The van der Waals surface area contributed by atoms with E-state index in [1.54, 1.807) is 18.2 Å². The van der Waals surface area contributed by atoms with Crippen LogP contribution in [0.1, 0.15) is 5.76 Å². The number of sulfonamides is 1. The third kappa shape index (κ3) is 3.49. The van der Waals surface area contributed by atoms with Crippen LogP contribution in [0.3, 0.4) is 0 Å². The highest BCUT2D eigenvalue weighted by Gasteiger charge is 2.22. The van der Waals surface area contributed by atoms with E-state index >= 15 is 0 Å². The zero-order chi connectivity index (χ0) is 18.2. The van der Waals surface area contributed by atoms with Gasteiger partial charge in [-0.25, -0.2) is 17.9 Å². The largest absolute Gasteiger partial charge is 0.388 e. The summed E-state index contributed by atoms with van der Waals surface area (Å²) < 4.78 is 42.9. The lowest BCUT2D eigenvalue weighted by Crippen LogP contribution is -2.14. The van der Waals surface area contributed by atoms with E-state index in [-0.39, 0.29) is 5.76 Å². The zero-order valence-corrected chi connectivity index (χ0v) is 15.0. The SMILES string of the molecule is NS(=O)(=O)c1ccc(-c2c(-c3cccc(Br)c3)noc2CO)cc1F. The molecule has 9 heteroatoms. The summed E-state index contributed by atoms with van der Waals surface area (Å²) in [5.41, 5.74) is 1.77. The van der Waals surface area contributed by atoms with Crippen LogP contribution in [0, 0.1) is 5.82 Å². The molecule has 0 saturated heterocycles. The molecule has 1 aromatic heterocycles. The van der Waals surface area contributed by atoms with Gasteiger partial charge in [0.25, 0.3) is 0 Å². The minimum atomic E-state index is -4.17. The van der Waals surface area contributed by atoms with E-state index in [2.05, 4.69) is 21.1 Å². The van der Waals surface area contributed by atoms with E-state index in [1.165, 1.54) is 6.07 Å². The molecule has 25 heavy (non-hydrogen) atoms. The second kappa shape index (κ2) is 6.68. The quantitative estimate of drug-likeness (QED) is 0.666. The summed E-state index contributed by atoms with van der Waals surface area (Å²) in [6.07, 6.45) is 0. The summed E-state index contributed by atoms with van der Waals surface area (Å²) in [7, 11) is -4.17. The van der Waals surface area contributed by atoms with Crippen molar-refractivity contribution in [1.82, 2.24) is 5.16 Å². The molecule has 0 aliphatic rings. The average molecular weight is 427 g/mol. The number of primary sulfonamides is 1. The number of halogens is 2. The first-order valence-electron chi connectivity index (χ1n) is 6.99. The fourth-order valence-corrected chi connectivity index (χ4v) is 3.44. The summed E-state index contributed by atoms with van der Waals surface area (Å²) in [5, 5.41) is 18.4. The Bertz CT molecular complexity index is 1050. The number of aliphatic hydroxyl groups is 1. The molecule has 0 atom stereocenters. The lowest BCUT2D eigenvalue weighted by molar-refractivity contribution is 0.230. The molecule has 0 spiro atoms. The lowest BCUT2D eigenvalue weighted by Gasteiger charge is -2.07. The number of aliphatic hydroxyl groups excluding tert-OH is 1. The Morgan fingerprint density at radius 1 is 1.20 bits per heavy atom. The van der Waals surface area contributed by atoms with Crippen molar-refractivity contribution in [2.75, 3.05) is 0 Å². The van der Waals surface area contributed by atoms with Crippen molar-refractivity contribution in [1.29, 1.82) is 0 Å². The molecule has 3 aromatic rings. The third-order valence-electron chi connectivity index (χ3n) is 3.53. The highest BCUT2D eigenvalue weighted by molar-refractivity contribution is 9.10. The second-order valence-corrected chi connectivity index (χ2v) is 7.63. The first-order valence-corrected chi connectivity index (χ1v) is 9.33. The summed E-state index contributed by atoms with van der Waals surface area (Å²) in [6, 6.07) is 10.7. The lowest BCUT2D eigenvalue weighted by atomic mass is 9.99. The van der Waals surface area contributed by atoms with Gasteiger partial charge in [-0.2, -0.15) is 0 Å². The van der Waals surface area contributed by atoms with Gasteiger partial charge in [0.2, 0.25) is 10.0 Å². The Morgan fingerprint density at radius 2 is 1.96 bits per heavy atom. The predicted molar refractivity (Wildman–Crippen MR) is 92.3 cm³/mol. The van der Waals surface area contributed by atoms with E-state index in [9.17, 15) is 17.9 Å². The van der Waals surface area contributed by atoms with Crippen molar-refractivity contribution >= 4 is 26.0 Å². The van der Waals surface area contributed by atoms with Crippen molar-refractivity contribution in [2.24, 2.45) is 5.14 Å². The molecular weight excluding hydrogens is 415 g/mol. The van der Waals surface area contributed by atoms with Gasteiger partial charge in [-0.1, -0.05) is 39.3 Å². The Hall–Kier alpha value is -2.07. The molecule has 0 amide bonds. The maximum atomic E-state index is 14.2. The standard InChI is InChI=1S/C16H12BrFN2O4S/c17-11-3-1-2-10(6-11)16-15(13(8-21)24-20-16)9-4-5-14(12(18)7-9)25(19,22)23/h1-7,21H,8H2,(H2,19,22,23). The molecule has 3 N–H and O–H groups in total. The van der Waals surface area contributed by atoms with Crippen LogP contribution >= 0.6 is 15.9 Å². The van der Waals surface area contributed by atoms with Crippen molar-refractivity contribution in [3.8, 4) is 22.4 Å². The van der Waals surface area contributed by atoms with Crippen LogP contribution in [0.25, 0.3) is 22.4 Å². The van der Waals surface area contributed by atoms with Gasteiger partial charge in [0, 0.05) is 10.0 Å². The number of aromatic nitrogens is 1. The van der Waals surface area contributed by atoms with E-state index in [0.717, 1.165) is 16.6 Å². The Morgan fingerprint density at radius 3 is 2.56 bits per heavy atom. The Labute approximate surface area is 151 Å². The highest BCUT2D eigenvalue weighted by atomic mass is 79.9. The number of rotatable bonds is 4. The van der Waals surface area contributed by atoms with Crippen LogP contribution < -0.4 is 5.14 Å². The number of hydrogen-bond acceptors (Lipinski definition) is 5. The molecule has 0 aliphatic carbocycles. The van der Waals surface area contributed by atoms with Crippen LogP contribution in [-0.2, 0) is 16.6 Å². The van der Waals surface area contributed by atoms with Crippen molar-refractivity contribution < 1.29 is 22.4 Å². The minimum Gasteiger partial charge on any atom is -0.388 e. The summed E-state index contributed by atoms with van der Waals surface area (Å²) in [5.74, 6) is -0.858.